The van der Waals surface area contributed by atoms with Crippen molar-refractivity contribution in [3.8, 4) is 0 Å². The van der Waals surface area contributed by atoms with Gasteiger partial charge in [0.25, 0.3) is 0 Å². The summed E-state index contributed by atoms with van der Waals surface area (Å²) in [6.07, 6.45) is 7.10. The van der Waals surface area contributed by atoms with Gasteiger partial charge in [0.05, 0.1) is 98.2 Å². The molecule has 0 aromatic rings. The topological polar surface area (TPSA) is 170 Å². The van der Waals surface area contributed by atoms with Gasteiger partial charge in [-0.25, -0.2) is 0 Å². The van der Waals surface area contributed by atoms with Crippen LogP contribution < -0.4 is 42.5 Å². The Bertz CT molecular complexity index is 1080. The van der Waals surface area contributed by atoms with Crippen LogP contribution in [0.1, 0.15) is 51.4 Å². The number of rotatable bonds is 8. The molecule has 320 valence electrons. The van der Waals surface area contributed by atoms with E-state index in [0.717, 1.165) is 51.4 Å². The summed E-state index contributed by atoms with van der Waals surface area (Å²) in [5, 5.41) is 33.1. The summed E-state index contributed by atoms with van der Waals surface area (Å²) in [6, 6.07) is 0. The normalized spacial score (nSPS) is 55.3. The molecule has 0 spiro atoms. The minimum Gasteiger partial charge on any atom is -0.360 e. The molecule has 0 aromatic heterocycles. The van der Waals surface area contributed by atoms with Crippen LogP contribution in [0.5, 0.6) is 0 Å². The van der Waals surface area contributed by atoms with Crippen molar-refractivity contribution in [2.24, 2.45) is 47.3 Å². The SMILES string of the molecule is POC1CC2C3NC(NC4NC(NC5NC(NC6NC(N3)C3CC(OP)C(OP)CC63)C3CC(OP)C(OP)CC53)C3CC(OP)C(OP)CC43)C2CC1OP. The van der Waals surface area contributed by atoms with Gasteiger partial charge in [-0.05, 0) is 98.7 Å². The minimum absolute atomic E-state index is 0.0265. The fourth-order valence-electron chi connectivity index (χ4n) is 12.9. The van der Waals surface area contributed by atoms with Gasteiger partial charge in [0.2, 0.25) is 0 Å². The molecule has 5 aliphatic heterocycles. The van der Waals surface area contributed by atoms with Gasteiger partial charge in [-0.3, -0.25) is 42.5 Å². The van der Waals surface area contributed by atoms with Crippen molar-refractivity contribution in [3.05, 3.63) is 0 Å². The van der Waals surface area contributed by atoms with Gasteiger partial charge in [-0.2, -0.15) is 0 Å². The molecule has 16 nitrogen and oxygen atoms in total. The molecular formula is C32H64N8O8P8. The first kappa shape index (κ1) is 44.0. The predicted octanol–water partition coefficient (Wildman–Crippen LogP) is 0.887. The first-order chi connectivity index (χ1) is 27.3. The number of fused-ring (bicyclic) bond motifs is 20. The van der Waals surface area contributed by atoms with E-state index in [-0.39, 0.29) is 98.2 Å². The van der Waals surface area contributed by atoms with Crippen molar-refractivity contribution < 1.29 is 36.2 Å². The van der Waals surface area contributed by atoms with Gasteiger partial charge in [-0.1, -0.05) is 0 Å². The lowest BCUT2D eigenvalue weighted by atomic mass is 9.74. The van der Waals surface area contributed by atoms with E-state index in [9.17, 15) is 0 Å². The Hall–Kier alpha value is 2.80. The third-order valence-corrected chi connectivity index (χ3v) is 18.4. The Kier molecular flexibility index (Phi) is 15.0. The Labute approximate surface area is 350 Å². The number of hydrogen-bond donors (Lipinski definition) is 8. The number of hydrogen-bond acceptors (Lipinski definition) is 16. The Balaban J connectivity index is 1.08. The lowest BCUT2D eigenvalue weighted by Crippen LogP contribution is -2.61. The van der Waals surface area contributed by atoms with Gasteiger partial charge in [0.1, 0.15) is 0 Å². The van der Waals surface area contributed by atoms with E-state index in [1.807, 2.05) is 0 Å². The van der Waals surface area contributed by atoms with Gasteiger partial charge in [0.15, 0.2) is 0 Å². The summed E-state index contributed by atoms with van der Waals surface area (Å²) >= 11 is 0. The highest BCUT2D eigenvalue weighted by atomic mass is 31.0. The second-order valence-corrected chi connectivity index (χ2v) is 19.9. The van der Waals surface area contributed by atoms with Crippen molar-refractivity contribution in [1.82, 2.24) is 42.5 Å². The highest BCUT2D eigenvalue weighted by Gasteiger charge is 2.59. The molecule has 9 fully saturated rings. The average Bonchev–Trinajstić information content (AvgIpc) is 3.95. The minimum atomic E-state index is -0.0265. The molecule has 0 amide bonds. The lowest BCUT2D eigenvalue weighted by Gasteiger charge is -2.42. The van der Waals surface area contributed by atoms with E-state index < -0.39 is 0 Å². The molecular weight excluding hydrogens is 872 g/mol. The van der Waals surface area contributed by atoms with Crippen molar-refractivity contribution >= 4 is 75.7 Å². The van der Waals surface area contributed by atoms with E-state index in [4.69, 9.17) is 36.2 Å². The maximum atomic E-state index is 6.00. The van der Waals surface area contributed by atoms with Crippen LogP contribution in [0.25, 0.3) is 0 Å². The van der Waals surface area contributed by atoms with Crippen molar-refractivity contribution in [1.29, 1.82) is 0 Å². The van der Waals surface area contributed by atoms with Gasteiger partial charge < -0.3 is 36.2 Å². The van der Waals surface area contributed by atoms with Crippen LogP contribution in [0.4, 0.5) is 0 Å². The summed E-state index contributed by atoms with van der Waals surface area (Å²) < 4.78 is 48.0. The zero-order valence-electron chi connectivity index (χ0n) is 31.4. The fourth-order valence-corrected chi connectivity index (χ4v) is 15.2. The summed E-state index contributed by atoms with van der Waals surface area (Å²) in [6.45, 7) is 0. The maximum Gasteiger partial charge on any atom is 0.0879 e. The zero-order valence-corrected chi connectivity index (χ0v) is 40.6. The molecule has 24 heteroatoms. The van der Waals surface area contributed by atoms with E-state index in [1.165, 1.54) is 0 Å². The first-order valence-electron chi connectivity index (χ1n) is 20.3. The molecule has 0 aromatic carbocycles. The maximum absolute atomic E-state index is 6.00. The quantitative estimate of drug-likeness (QED) is 0.162. The average molecular weight is 937 g/mol. The molecule has 5 saturated heterocycles. The second kappa shape index (κ2) is 19.1. The van der Waals surface area contributed by atoms with Crippen molar-refractivity contribution in [2.75, 3.05) is 0 Å². The number of nitrogens with one attached hydrogen (secondary N) is 8. The Morgan fingerprint density at radius 2 is 0.321 bits per heavy atom. The summed E-state index contributed by atoms with van der Waals surface area (Å²) in [7, 11) is 20.0. The van der Waals surface area contributed by atoms with E-state index in [0.29, 0.717) is 47.3 Å². The highest BCUT2D eigenvalue weighted by Crippen LogP contribution is 2.49. The molecule has 24 unspecified atom stereocenters. The largest absolute Gasteiger partial charge is 0.360 e. The van der Waals surface area contributed by atoms with E-state index >= 15 is 0 Å². The highest BCUT2D eigenvalue weighted by molar-refractivity contribution is 7.11. The van der Waals surface area contributed by atoms with Crippen molar-refractivity contribution in [3.63, 3.8) is 0 Å². The molecule has 8 N–H and O–H groups in total. The molecule has 4 saturated carbocycles. The van der Waals surface area contributed by atoms with Crippen LogP contribution >= 0.6 is 75.7 Å². The summed E-state index contributed by atoms with van der Waals surface area (Å²) in [5.74, 6) is 2.48. The molecule has 5 heterocycles. The fraction of sp³-hybridized carbons (Fsp3) is 1.00. The standard InChI is InChI=1S/C32H64N8O8P8/c49-41-17-1-9-10(2-18(17)42-50)26-33-25(9)37-27-11-3-19(43-51)20(44-52)4-12(11)29(34-27)39-31-15-7-23(47-55)24(48-56)8-16(15)32(36-31)40-30-14-6-22(46-54)21(45-53)5-13(14)28(35-30)38-26/h9-40H,1-8,49-56H2. The Morgan fingerprint density at radius 1 is 0.214 bits per heavy atom. The van der Waals surface area contributed by atoms with Crippen LogP contribution in [0.3, 0.4) is 0 Å². The third kappa shape index (κ3) is 8.21. The first-order valence-corrected chi connectivity index (χ1v) is 24.0. The van der Waals surface area contributed by atoms with E-state index in [1.54, 1.807) is 0 Å². The van der Waals surface area contributed by atoms with Crippen LogP contribution in [0.15, 0.2) is 0 Å². The molecule has 8 bridgehead atoms. The molecule has 0 radical (unpaired) electrons. The molecule has 9 rings (SSSR count). The van der Waals surface area contributed by atoms with Gasteiger partial charge in [0, 0.05) is 75.7 Å². The van der Waals surface area contributed by atoms with Gasteiger partial charge >= 0.3 is 0 Å². The van der Waals surface area contributed by atoms with Crippen LogP contribution in [0, 0.1) is 47.3 Å². The lowest BCUT2D eigenvalue weighted by molar-refractivity contribution is -0.0166. The molecule has 24 atom stereocenters. The van der Waals surface area contributed by atoms with Crippen LogP contribution in [-0.2, 0) is 36.2 Å². The van der Waals surface area contributed by atoms with Gasteiger partial charge in [-0.15, -0.1) is 0 Å². The molecule has 9 aliphatic rings. The monoisotopic (exact) mass is 936 g/mol. The predicted molar refractivity (Wildman–Crippen MR) is 237 cm³/mol. The second-order valence-electron chi connectivity index (χ2n) is 17.7. The van der Waals surface area contributed by atoms with Crippen LogP contribution in [0.2, 0.25) is 0 Å². The summed E-state index contributed by atoms with van der Waals surface area (Å²) in [4.78, 5) is 0. The third-order valence-electron chi connectivity index (χ3n) is 15.6. The van der Waals surface area contributed by atoms with Crippen LogP contribution in [-0.4, -0.2) is 98.2 Å². The summed E-state index contributed by atoms with van der Waals surface area (Å²) in [5.41, 5.74) is 0. The molecule has 56 heavy (non-hydrogen) atoms. The molecule has 4 aliphatic carbocycles. The smallest absolute Gasteiger partial charge is 0.0879 e. The Morgan fingerprint density at radius 3 is 0.411 bits per heavy atom. The zero-order chi connectivity index (χ0) is 38.8. The van der Waals surface area contributed by atoms with Crippen molar-refractivity contribution in [2.45, 2.75) is 150 Å². The van der Waals surface area contributed by atoms with E-state index in [2.05, 4.69) is 118 Å².